The quantitative estimate of drug-likeness (QED) is 0.715. The molecule has 1 aromatic rings. The lowest BCUT2D eigenvalue weighted by Gasteiger charge is -2.25. The number of nitrogens with zero attached hydrogens (tertiary/aromatic N) is 7. The molecule has 0 aromatic carbocycles. The van der Waals surface area contributed by atoms with E-state index in [-0.39, 0.29) is 5.92 Å². The molecule has 134 valence electrons. The fraction of sp³-hybridized carbons (Fsp3) is 0.778. The Hall–Kier alpha value is -1.96. The van der Waals surface area contributed by atoms with Crippen molar-refractivity contribution in [3.63, 3.8) is 0 Å². The summed E-state index contributed by atoms with van der Waals surface area (Å²) in [5, 5.41) is 26.7. The highest BCUT2D eigenvalue weighted by atomic mass is 15.3. The van der Waals surface area contributed by atoms with Crippen LogP contribution in [0.5, 0.6) is 0 Å². The Bertz CT molecular complexity index is 664. The molecule has 0 spiro atoms. The van der Waals surface area contributed by atoms with Gasteiger partial charge < -0.3 is 9.47 Å². The van der Waals surface area contributed by atoms with E-state index in [9.17, 15) is 5.26 Å². The summed E-state index contributed by atoms with van der Waals surface area (Å²) in [5.41, 5.74) is 0. The number of hydrogen-bond acceptors (Lipinski definition) is 6. The molecule has 0 bridgehead atoms. The summed E-state index contributed by atoms with van der Waals surface area (Å²) in [7, 11) is 4.22. The second-order valence-corrected chi connectivity index (χ2v) is 7.45. The van der Waals surface area contributed by atoms with Crippen LogP contribution in [0.3, 0.4) is 0 Å². The summed E-state index contributed by atoms with van der Waals surface area (Å²) in [6, 6.07) is 4.97. The zero-order chi connectivity index (χ0) is 17.8. The number of aromatic nitrogens is 3. The molecule has 2 atom stereocenters. The molecule has 1 aliphatic heterocycles. The van der Waals surface area contributed by atoms with Crippen molar-refractivity contribution in [3.8, 4) is 12.1 Å². The maximum absolute atomic E-state index is 9.25. The van der Waals surface area contributed by atoms with Gasteiger partial charge in [0, 0.05) is 38.5 Å². The van der Waals surface area contributed by atoms with Crippen molar-refractivity contribution in [3.05, 3.63) is 11.6 Å². The minimum absolute atomic E-state index is 0.0384. The molecular formula is C18H27N7. The summed E-state index contributed by atoms with van der Waals surface area (Å²) in [5.74, 6) is 2.75. The SMILES string of the molecule is CN(Cc1nnc(C2CC2)n1C)[C@H]1CCN(C[C@H](C#N)CCC#N)C1. The summed E-state index contributed by atoms with van der Waals surface area (Å²) in [6.45, 7) is 3.59. The zero-order valence-electron chi connectivity index (χ0n) is 15.2. The first-order chi connectivity index (χ1) is 12.1. The molecule has 0 N–H and O–H groups in total. The normalized spacial score (nSPS) is 22.0. The van der Waals surface area contributed by atoms with Gasteiger partial charge in [-0.15, -0.1) is 10.2 Å². The van der Waals surface area contributed by atoms with Gasteiger partial charge in [-0.3, -0.25) is 4.90 Å². The Morgan fingerprint density at radius 3 is 2.76 bits per heavy atom. The minimum Gasteiger partial charge on any atom is -0.317 e. The molecule has 0 amide bonds. The van der Waals surface area contributed by atoms with Crippen molar-refractivity contribution in [2.45, 2.75) is 50.6 Å². The first-order valence-electron chi connectivity index (χ1n) is 9.19. The maximum atomic E-state index is 9.25. The van der Waals surface area contributed by atoms with E-state index in [4.69, 9.17) is 5.26 Å². The number of nitriles is 2. The lowest BCUT2D eigenvalue weighted by Crippen LogP contribution is -2.36. The van der Waals surface area contributed by atoms with Crippen molar-refractivity contribution < 1.29 is 0 Å². The van der Waals surface area contributed by atoms with Crippen molar-refractivity contribution in [2.24, 2.45) is 13.0 Å². The van der Waals surface area contributed by atoms with Crippen LogP contribution in [0.15, 0.2) is 0 Å². The lowest BCUT2D eigenvalue weighted by molar-refractivity contribution is 0.212. The lowest BCUT2D eigenvalue weighted by atomic mass is 10.1. The molecule has 3 rings (SSSR count). The van der Waals surface area contributed by atoms with Crippen LogP contribution >= 0.6 is 0 Å². The number of hydrogen-bond donors (Lipinski definition) is 0. The Morgan fingerprint density at radius 1 is 1.28 bits per heavy atom. The third-order valence-electron chi connectivity index (χ3n) is 5.47. The molecule has 7 nitrogen and oxygen atoms in total. The molecule has 1 saturated heterocycles. The first-order valence-corrected chi connectivity index (χ1v) is 9.19. The van der Waals surface area contributed by atoms with Gasteiger partial charge in [0.05, 0.1) is 24.6 Å². The highest BCUT2D eigenvalue weighted by molar-refractivity contribution is 5.08. The van der Waals surface area contributed by atoms with Crippen LogP contribution in [-0.2, 0) is 13.6 Å². The van der Waals surface area contributed by atoms with Gasteiger partial charge in [0.1, 0.15) is 11.6 Å². The molecule has 1 saturated carbocycles. The highest BCUT2D eigenvalue weighted by Crippen LogP contribution is 2.38. The third kappa shape index (κ3) is 4.36. The predicted octanol–water partition coefficient (Wildman–Crippen LogP) is 1.64. The summed E-state index contributed by atoms with van der Waals surface area (Å²) < 4.78 is 2.16. The van der Waals surface area contributed by atoms with Crippen molar-refractivity contribution in [1.82, 2.24) is 24.6 Å². The summed E-state index contributed by atoms with van der Waals surface area (Å²) >= 11 is 0. The van der Waals surface area contributed by atoms with Crippen molar-refractivity contribution in [1.29, 1.82) is 10.5 Å². The minimum atomic E-state index is -0.0384. The third-order valence-corrected chi connectivity index (χ3v) is 5.47. The van der Waals surface area contributed by atoms with E-state index >= 15 is 0 Å². The van der Waals surface area contributed by atoms with Gasteiger partial charge >= 0.3 is 0 Å². The molecule has 7 heteroatoms. The van der Waals surface area contributed by atoms with E-state index in [2.05, 4.69) is 50.8 Å². The van der Waals surface area contributed by atoms with E-state index in [1.165, 1.54) is 12.8 Å². The van der Waals surface area contributed by atoms with E-state index in [0.29, 0.717) is 24.8 Å². The van der Waals surface area contributed by atoms with Crippen LogP contribution in [0.2, 0.25) is 0 Å². The average Bonchev–Trinajstić information content (AvgIpc) is 3.24. The van der Waals surface area contributed by atoms with Crippen LogP contribution < -0.4 is 0 Å². The van der Waals surface area contributed by atoms with E-state index in [1.807, 2.05) is 0 Å². The highest BCUT2D eigenvalue weighted by Gasteiger charge is 2.31. The van der Waals surface area contributed by atoms with Gasteiger partial charge in [-0.1, -0.05) is 0 Å². The fourth-order valence-electron chi connectivity index (χ4n) is 3.65. The largest absolute Gasteiger partial charge is 0.317 e. The van der Waals surface area contributed by atoms with Crippen LogP contribution in [0.1, 0.15) is 49.7 Å². The molecule has 1 aliphatic carbocycles. The molecule has 0 unspecified atom stereocenters. The van der Waals surface area contributed by atoms with Crippen molar-refractivity contribution >= 4 is 0 Å². The number of rotatable bonds is 8. The van der Waals surface area contributed by atoms with Crippen molar-refractivity contribution in [2.75, 3.05) is 26.7 Å². The molecule has 2 fully saturated rings. The Morgan fingerprint density at radius 2 is 2.08 bits per heavy atom. The van der Waals surface area contributed by atoms with E-state index in [0.717, 1.165) is 44.2 Å². The number of likely N-dealkylation sites (tertiary alicyclic amines) is 1. The van der Waals surface area contributed by atoms with Gasteiger partial charge in [-0.2, -0.15) is 10.5 Å². The Labute approximate surface area is 149 Å². The van der Waals surface area contributed by atoms with Gasteiger partial charge in [0.2, 0.25) is 0 Å². The molecule has 1 aromatic heterocycles. The standard InChI is InChI=1S/C18H27N7/c1-23(13-17-21-22-18(24(17)2)15-5-6-15)16-7-9-25(12-16)11-14(10-20)4-3-8-19/h14-16H,3-7,9,11-13H2,1-2H3/t14-,16-/m0/s1. The number of likely N-dealkylation sites (N-methyl/N-ethyl adjacent to an activating group) is 1. The average molecular weight is 341 g/mol. The van der Waals surface area contributed by atoms with Gasteiger partial charge in [0.25, 0.3) is 0 Å². The second-order valence-electron chi connectivity index (χ2n) is 7.45. The fourth-order valence-corrected chi connectivity index (χ4v) is 3.65. The van der Waals surface area contributed by atoms with Gasteiger partial charge in [-0.05, 0) is 39.3 Å². The smallest absolute Gasteiger partial charge is 0.146 e. The van der Waals surface area contributed by atoms with Crippen LogP contribution in [0, 0.1) is 28.6 Å². The maximum Gasteiger partial charge on any atom is 0.146 e. The Balaban J connectivity index is 1.50. The molecular weight excluding hydrogens is 314 g/mol. The molecule has 0 radical (unpaired) electrons. The van der Waals surface area contributed by atoms with Gasteiger partial charge in [-0.25, -0.2) is 0 Å². The topological polar surface area (TPSA) is 84.8 Å². The molecule has 2 heterocycles. The predicted molar refractivity (Wildman–Crippen MR) is 93.2 cm³/mol. The summed E-state index contributed by atoms with van der Waals surface area (Å²) in [4.78, 5) is 4.72. The Kier molecular flexibility index (Phi) is 5.67. The first kappa shape index (κ1) is 17.8. The van der Waals surface area contributed by atoms with Crippen LogP contribution in [-0.4, -0.2) is 57.3 Å². The van der Waals surface area contributed by atoms with Gasteiger partial charge in [0.15, 0.2) is 0 Å². The zero-order valence-corrected chi connectivity index (χ0v) is 15.2. The van der Waals surface area contributed by atoms with Crippen LogP contribution in [0.4, 0.5) is 0 Å². The van der Waals surface area contributed by atoms with E-state index in [1.54, 1.807) is 0 Å². The van der Waals surface area contributed by atoms with Crippen LogP contribution in [0.25, 0.3) is 0 Å². The van der Waals surface area contributed by atoms with E-state index < -0.39 is 0 Å². The monoisotopic (exact) mass is 341 g/mol. The summed E-state index contributed by atoms with van der Waals surface area (Å²) in [6.07, 6.45) is 4.73. The molecule has 25 heavy (non-hydrogen) atoms. The molecule has 2 aliphatic rings. The second kappa shape index (κ2) is 7.95.